The molecule has 0 aliphatic heterocycles. The van der Waals surface area contributed by atoms with Crippen LogP contribution in [0.2, 0.25) is 5.02 Å². The molecule has 156 valence electrons. The summed E-state index contributed by atoms with van der Waals surface area (Å²) < 4.78 is 61.8. The van der Waals surface area contributed by atoms with Crippen LogP contribution in [0, 0.1) is 11.6 Å². The summed E-state index contributed by atoms with van der Waals surface area (Å²) in [4.78, 5) is -0.119. The normalized spacial score (nSPS) is 11.2. The van der Waals surface area contributed by atoms with Gasteiger partial charge >= 0.3 is 0 Å². The molecule has 2 aromatic carbocycles. The summed E-state index contributed by atoms with van der Waals surface area (Å²) >= 11 is 5.93. The van der Waals surface area contributed by atoms with E-state index in [9.17, 15) is 17.2 Å². The van der Waals surface area contributed by atoms with E-state index in [4.69, 9.17) is 16.3 Å². The van der Waals surface area contributed by atoms with E-state index in [-0.39, 0.29) is 40.3 Å². The molecule has 0 unspecified atom stereocenters. The number of nitrogens with one attached hydrogen (secondary N) is 1. The Morgan fingerprint density at radius 3 is 2.31 bits per heavy atom. The summed E-state index contributed by atoms with van der Waals surface area (Å²) in [5, 5.41) is 3.10. The highest BCUT2D eigenvalue weighted by atomic mass is 35.5. The quantitative estimate of drug-likeness (QED) is 0.586. The molecule has 0 aliphatic rings. The molecule has 0 spiro atoms. The fourth-order valence-corrected chi connectivity index (χ4v) is 4.63. The number of rotatable bonds is 6. The second-order valence-corrected chi connectivity index (χ2v) is 8.17. The van der Waals surface area contributed by atoms with E-state index >= 15 is 0 Å². The van der Waals surface area contributed by atoms with Gasteiger partial charge in [0.2, 0.25) is 0 Å². The monoisotopic (exact) mass is 462 g/mol. The maximum atomic E-state index is 14.5. The number of nitrogens with zero attached hydrogens (tertiary/aromatic N) is 1. The van der Waals surface area contributed by atoms with Gasteiger partial charge in [0.25, 0.3) is 10.0 Å². The second kappa shape index (κ2) is 9.13. The second-order valence-electron chi connectivity index (χ2n) is 5.92. The van der Waals surface area contributed by atoms with E-state index in [1.807, 2.05) is 0 Å². The standard InChI is InChI=1S/C19H17ClF2N2O3S.ClH/c1-23-10-12-11-24(28(25,26)14-6-3-5-13(20)9-14)18(19(12)27-2)17-15(21)7-4-8-16(17)22;/h3-9,11,23H,10H2,1-2H3;1H. The van der Waals surface area contributed by atoms with Crippen LogP contribution in [0.5, 0.6) is 5.75 Å². The fourth-order valence-electron chi connectivity index (χ4n) is 2.94. The first-order valence-electron chi connectivity index (χ1n) is 8.19. The largest absolute Gasteiger partial charge is 0.494 e. The van der Waals surface area contributed by atoms with Gasteiger partial charge in [-0.25, -0.2) is 21.2 Å². The lowest BCUT2D eigenvalue weighted by Gasteiger charge is -2.13. The van der Waals surface area contributed by atoms with Crippen molar-refractivity contribution < 1.29 is 21.9 Å². The molecule has 0 radical (unpaired) electrons. The van der Waals surface area contributed by atoms with Crippen LogP contribution in [-0.2, 0) is 16.6 Å². The molecule has 0 saturated carbocycles. The van der Waals surface area contributed by atoms with Crippen LogP contribution in [-0.4, -0.2) is 26.5 Å². The SMILES string of the molecule is CNCc1cn(S(=O)(=O)c2cccc(Cl)c2)c(-c2c(F)cccc2F)c1OC.Cl. The molecular weight excluding hydrogens is 445 g/mol. The Bertz CT molecular complexity index is 1110. The number of halogens is 4. The molecule has 0 bridgehead atoms. The molecule has 3 rings (SSSR count). The lowest BCUT2D eigenvalue weighted by Crippen LogP contribution is -2.14. The summed E-state index contributed by atoms with van der Waals surface area (Å²) in [5.41, 5.74) is -0.302. The Morgan fingerprint density at radius 1 is 1.14 bits per heavy atom. The zero-order valence-electron chi connectivity index (χ0n) is 15.4. The Labute approximate surface area is 178 Å². The predicted molar refractivity (Wildman–Crippen MR) is 110 cm³/mol. The number of hydrogen-bond donors (Lipinski definition) is 1. The first-order valence-corrected chi connectivity index (χ1v) is 10.0. The van der Waals surface area contributed by atoms with Crippen molar-refractivity contribution in [2.45, 2.75) is 11.4 Å². The first-order chi connectivity index (χ1) is 13.3. The third-order valence-electron chi connectivity index (χ3n) is 4.12. The average molecular weight is 463 g/mol. The van der Waals surface area contributed by atoms with Gasteiger partial charge in [-0.3, -0.25) is 0 Å². The van der Waals surface area contributed by atoms with E-state index in [2.05, 4.69) is 5.32 Å². The van der Waals surface area contributed by atoms with Gasteiger partial charge < -0.3 is 10.1 Å². The van der Waals surface area contributed by atoms with E-state index < -0.39 is 27.2 Å². The highest BCUT2D eigenvalue weighted by Crippen LogP contribution is 2.40. The molecule has 5 nitrogen and oxygen atoms in total. The Morgan fingerprint density at radius 2 is 1.76 bits per heavy atom. The van der Waals surface area contributed by atoms with Gasteiger partial charge in [-0.05, 0) is 37.4 Å². The molecule has 0 aliphatic carbocycles. The van der Waals surface area contributed by atoms with Crippen LogP contribution in [0.15, 0.2) is 53.6 Å². The number of ether oxygens (including phenoxy) is 1. The van der Waals surface area contributed by atoms with Gasteiger partial charge in [0.05, 0.1) is 17.6 Å². The van der Waals surface area contributed by atoms with Crippen molar-refractivity contribution in [1.29, 1.82) is 0 Å². The number of benzene rings is 2. The third-order valence-corrected chi connectivity index (χ3v) is 6.01. The molecule has 3 aromatic rings. The van der Waals surface area contributed by atoms with Crippen LogP contribution >= 0.6 is 24.0 Å². The van der Waals surface area contributed by atoms with Crippen LogP contribution in [0.4, 0.5) is 8.78 Å². The highest BCUT2D eigenvalue weighted by Gasteiger charge is 2.30. The van der Waals surface area contributed by atoms with Gasteiger partial charge in [-0.1, -0.05) is 23.7 Å². The topological polar surface area (TPSA) is 60.3 Å². The lowest BCUT2D eigenvalue weighted by atomic mass is 10.1. The van der Waals surface area contributed by atoms with Crippen molar-refractivity contribution in [3.8, 4) is 17.0 Å². The van der Waals surface area contributed by atoms with Crippen molar-refractivity contribution in [3.63, 3.8) is 0 Å². The Kier molecular flexibility index (Phi) is 7.29. The lowest BCUT2D eigenvalue weighted by molar-refractivity contribution is 0.410. The molecular formula is C19H18Cl2F2N2O3S. The molecule has 0 amide bonds. The molecule has 0 atom stereocenters. The molecule has 10 heteroatoms. The first kappa shape index (κ1) is 23.2. The third kappa shape index (κ3) is 4.25. The van der Waals surface area contributed by atoms with Crippen LogP contribution in [0.3, 0.4) is 0 Å². The summed E-state index contributed by atoms with van der Waals surface area (Å²) in [7, 11) is -1.24. The van der Waals surface area contributed by atoms with Crippen molar-refractivity contribution in [1.82, 2.24) is 9.29 Å². The highest BCUT2D eigenvalue weighted by molar-refractivity contribution is 7.90. The molecule has 1 heterocycles. The average Bonchev–Trinajstić information content (AvgIpc) is 3.01. The summed E-state index contributed by atoms with van der Waals surface area (Å²) in [6.07, 6.45) is 1.28. The van der Waals surface area contributed by atoms with E-state index in [1.165, 1.54) is 43.6 Å². The Balaban J connectivity index is 0.00000300. The van der Waals surface area contributed by atoms with Crippen LogP contribution in [0.25, 0.3) is 11.3 Å². The minimum atomic E-state index is -4.21. The smallest absolute Gasteiger partial charge is 0.268 e. The summed E-state index contributed by atoms with van der Waals surface area (Å²) in [5.74, 6) is -1.76. The molecule has 0 saturated heterocycles. The summed E-state index contributed by atoms with van der Waals surface area (Å²) in [6, 6.07) is 8.94. The molecule has 29 heavy (non-hydrogen) atoms. The number of hydrogen-bond acceptors (Lipinski definition) is 4. The van der Waals surface area contributed by atoms with Gasteiger partial charge in [0.1, 0.15) is 23.1 Å². The molecule has 1 N–H and O–H groups in total. The maximum Gasteiger partial charge on any atom is 0.268 e. The zero-order chi connectivity index (χ0) is 20.5. The van der Waals surface area contributed by atoms with Crippen molar-refractivity contribution in [2.75, 3.05) is 14.2 Å². The fraction of sp³-hybridized carbons (Fsp3) is 0.158. The van der Waals surface area contributed by atoms with Gasteiger partial charge in [0.15, 0.2) is 0 Å². The van der Waals surface area contributed by atoms with Crippen molar-refractivity contribution in [3.05, 3.63) is 70.9 Å². The van der Waals surface area contributed by atoms with E-state index in [0.29, 0.717) is 5.56 Å². The van der Waals surface area contributed by atoms with Gasteiger partial charge in [0, 0.05) is 23.3 Å². The Hall–Kier alpha value is -2.13. The van der Waals surface area contributed by atoms with Crippen LogP contribution in [0.1, 0.15) is 5.56 Å². The van der Waals surface area contributed by atoms with Gasteiger partial charge in [-0.15, -0.1) is 12.4 Å². The molecule has 0 fully saturated rings. The molecule has 1 aromatic heterocycles. The minimum Gasteiger partial charge on any atom is -0.494 e. The van der Waals surface area contributed by atoms with Crippen molar-refractivity contribution in [2.24, 2.45) is 0 Å². The summed E-state index contributed by atoms with van der Waals surface area (Å²) in [6.45, 7) is 0.226. The van der Waals surface area contributed by atoms with Gasteiger partial charge in [-0.2, -0.15) is 0 Å². The number of methoxy groups -OCH3 is 1. The zero-order valence-corrected chi connectivity index (χ0v) is 17.8. The van der Waals surface area contributed by atoms with E-state index in [0.717, 1.165) is 16.1 Å². The minimum absolute atomic E-state index is 0. The van der Waals surface area contributed by atoms with Crippen molar-refractivity contribution >= 4 is 34.0 Å². The van der Waals surface area contributed by atoms with E-state index in [1.54, 1.807) is 7.05 Å². The van der Waals surface area contributed by atoms with Crippen LogP contribution < -0.4 is 10.1 Å². The predicted octanol–water partition coefficient (Wildman–Crippen LogP) is 4.47. The maximum absolute atomic E-state index is 14.5. The number of aromatic nitrogens is 1.